The zero-order valence-corrected chi connectivity index (χ0v) is 15.0. The summed E-state index contributed by atoms with van der Waals surface area (Å²) >= 11 is 0. The fourth-order valence-corrected chi connectivity index (χ4v) is 2.93. The Morgan fingerprint density at radius 1 is 0.667 bits per heavy atom. The van der Waals surface area contributed by atoms with E-state index in [4.69, 9.17) is 10.8 Å². The van der Waals surface area contributed by atoms with E-state index in [0.29, 0.717) is 11.0 Å². The molecule has 0 fully saturated rings. The minimum atomic E-state index is 0.608. The molecule has 2 aromatic rings. The van der Waals surface area contributed by atoms with Crippen LogP contribution in [0.25, 0.3) is 0 Å². The number of hydrogen-bond donors (Lipinski definition) is 2. The molecular formula is C20H30N4. The molecule has 0 amide bonds. The highest BCUT2D eigenvalue weighted by molar-refractivity contribution is 5.07. The van der Waals surface area contributed by atoms with Gasteiger partial charge in [0.1, 0.15) is 11.0 Å². The maximum absolute atomic E-state index is 7.94. The molecule has 0 aliphatic heterocycles. The lowest BCUT2D eigenvalue weighted by atomic mass is 10.1. The fraction of sp³-hybridized carbons (Fsp3) is 0.500. The highest BCUT2D eigenvalue weighted by Crippen LogP contribution is 2.07. The number of aryl methyl sites for hydroxylation is 4. The second kappa shape index (κ2) is 9.26. The van der Waals surface area contributed by atoms with Crippen molar-refractivity contribution in [1.82, 2.24) is 9.13 Å². The third-order valence-electron chi connectivity index (χ3n) is 4.43. The lowest BCUT2D eigenvalue weighted by Crippen LogP contribution is -2.19. The maximum Gasteiger partial charge on any atom is 0.124 e. The molecule has 0 radical (unpaired) electrons. The van der Waals surface area contributed by atoms with E-state index < -0.39 is 0 Å². The summed E-state index contributed by atoms with van der Waals surface area (Å²) in [5.41, 5.74) is 3.52. The Morgan fingerprint density at radius 2 is 1.04 bits per heavy atom. The summed E-state index contributed by atoms with van der Waals surface area (Å²) in [5, 5.41) is 15.9. The van der Waals surface area contributed by atoms with Crippen LogP contribution >= 0.6 is 0 Å². The first-order valence-corrected chi connectivity index (χ1v) is 8.99. The molecule has 4 nitrogen and oxygen atoms in total. The van der Waals surface area contributed by atoms with E-state index in [1.54, 1.807) is 0 Å². The van der Waals surface area contributed by atoms with Crippen LogP contribution in [0.4, 0.5) is 0 Å². The first kappa shape index (κ1) is 18.2. The van der Waals surface area contributed by atoms with Crippen LogP contribution in [0.2, 0.25) is 0 Å². The van der Waals surface area contributed by atoms with E-state index in [-0.39, 0.29) is 0 Å². The van der Waals surface area contributed by atoms with Crippen LogP contribution in [0.3, 0.4) is 0 Å². The Labute approximate surface area is 144 Å². The molecule has 0 saturated carbocycles. The van der Waals surface area contributed by atoms with E-state index in [9.17, 15) is 0 Å². The first-order valence-electron chi connectivity index (χ1n) is 8.99. The van der Waals surface area contributed by atoms with Gasteiger partial charge in [-0.25, -0.2) is 0 Å². The molecule has 0 aliphatic carbocycles. The molecule has 0 bridgehead atoms. The van der Waals surface area contributed by atoms with E-state index in [2.05, 4.69) is 12.1 Å². The van der Waals surface area contributed by atoms with Crippen LogP contribution in [-0.4, -0.2) is 9.13 Å². The largest absolute Gasteiger partial charge is 0.334 e. The molecule has 2 rings (SSSR count). The first-order chi connectivity index (χ1) is 11.6. The van der Waals surface area contributed by atoms with Gasteiger partial charge in [0.2, 0.25) is 0 Å². The van der Waals surface area contributed by atoms with Crippen LogP contribution < -0.4 is 11.0 Å². The molecule has 2 aromatic heterocycles. The molecule has 2 N–H and O–H groups in total. The van der Waals surface area contributed by atoms with Gasteiger partial charge in [0.25, 0.3) is 0 Å². The Hall–Kier alpha value is -2.10. The van der Waals surface area contributed by atoms with Crippen LogP contribution in [0.1, 0.15) is 49.7 Å². The van der Waals surface area contributed by atoms with Crippen molar-refractivity contribution in [3.05, 3.63) is 58.8 Å². The topological polar surface area (TPSA) is 57.6 Å². The highest BCUT2D eigenvalue weighted by atomic mass is 15.0. The monoisotopic (exact) mass is 326 g/mol. The van der Waals surface area contributed by atoms with Crippen molar-refractivity contribution in [3.8, 4) is 0 Å². The van der Waals surface area contributed by atoms with Crippen LogP contribution in [0.15, 0.2) is 36.7 Å². The predicted molar refractivity (Wildman–Crippen MR) is 97.7 cm³/mol. The summed E-state index contributed by atoms with van der Waals surface area (Å²) in [6.45, 7) is 5.95. The van der Waals surface area contributed by atoms with Gasteiger partial charge in [-0.3, -0.25) is 10.8 Å². The lowest BCUT2D eigenvalue weighted by Gasteiger charge is -2.08. The molecule has 0 atom stereocenters. The SMILES string of the molecule is Cc1ccn(CCCCCCCCn2ccc(C)cc2=N)c(=N)c1. The van der Waals surface area contributed by atoms with Crippen molar-refractivity contribution in [1.29, 1.82) is 10.8 Å². The molecular weight excluding hydrogens is 296 g/mol. The minimum absolute atomic E-state index is 0.608. The fourth-order valence-electron chi connectivity index (χ4n) is 2.93. The third-order valence-corrected chi connectivity index (χ3v) is 4.43. The number of aromatic nitrogens is 2. The highest BCUT2D eigenvalue weighted by Gasteiger charge is 1.97. The molecule has 0 spiro atoms. The number of nitrogens with zero attached hydrogens (tertiary/aromatic N) is 2. The van der Waals surface area contributed by atoms with E-state index >= 15 is 0 Å². The van der Waals surface area contributed by atoms with Crippen molar-refractivity contribution >= 4 is 0 Å². The zero-order chi connectivity index (χ0) is 17.4. The van der Waals surface area contributed by atoms with Gasteiger partial charge in [-0.15, -0.1) is 0 Å². The van der Waals surface area contributed by atoms with Crippen molar-refractivity contribution < 1.29 is 0 Å². The standard InChI is InChI=1S/C20H30N4/c1-17-9-13-23(19(21)15-17)11-7-5-3-4-6-8-12-24-14-10-18(2)16-20(24)22/h9-10,13-16,21-22H,3-8,11-12H2,1-2H3. The van der Waals surface area contributed by atoms with E-state index in [0.717, 1.165) is 37.1 Å². The Bertz CT molecular complexity index is 689. The van der Waals surface area contributed by atoms with Gasteiger partial charge in [0, 0.05) is 25.5 Å². The summed E-state index contributed by atoms with van der Waals surface area (Å²) < 4.78 is 4.05. The Kier molecular flexibility index (Phi) is 7.04. The predicted octanol–water partition coefficient (Wildman–Crippen LogP) is 3.91. The van der Waals surface area contributed by atoms with Gasteiger partial charge < -0.3 is 9.13 Å². The number of unbranched alkanes of at least 4 members (excludes halogenated alkanes) is 5. The minimum Gasteiger partial charge on any atom is -0.334 e. The van der Waals surface area contributed by atoms with Gasteiger partial charge in [-0.2, -0.15) is 0 Å². The molecule has 0 aliphatic rings. The Morgan fingerprint density at radius 3 is 1.42 bits per heavy atom. The van der Waals surface area contributed by atoms with E-state index in [1.807, 2.05) is 47.5 Å². The van der Waals surface area contributed by atoms with Crippen LogP contribution in [-0.2, 0) is 13.1 Å². The summed E-state index contributed by atoms with van der Waals surface area (Å²) in [6, 6.07) is 7.98. The summed E-state index contributed by atoms with van der Waals surface area (Å²) in [5.74, 6) is 0. The van der Waals surface area contributed by atoms with Gasteiger partial charge in [-0.1, -0.05) is 25.7 Å². The van der Waals surface area contributed by atoms with Crippen molar-refractivity contribution in [2.24, 2.45) is 0 Å². The smallest absolute Gasteiger partial charge is 0.124 e. The van der Waals surface area contributed by atoms with Gasteiger partial charge in [0.15, 0.2) is 0 Å². The molecule has 2 heterocycles. The number of rotatable bonds is 9. The average molecular weight is 326 g/mol. The number of hydrogen-bond acceptors (Lipinski definition) is 2. The van der Waals surface area contributed by atoms with Crippen molar-refractivity contribution in [3.63, 3.8) is 0 Å². The van der Waals surface area contributed by atoms with Gasteiger partial charge in [-0.05, 0) is 62.1 Å². The summed E-state index contributed by atoms with van der Waals surface area (Å²) in [6.07, 6.45) is 11.3. The number of nitrogens with one attached hydrogen (secondary N) is 2. The molecule has 0 saturated heterocycles. The normalized spacial score (nSPS) is 10.9. The van der Waals surface area contributed by atoms with Gasteiger partial charge >= 0.3 is 0 Å². The average Bonchev–Trinajstić information content (AvgIpc) is 2.53. The van der Waals surface area contributed by atoms with Gasteiger partial charge in [0.05, 0.1) is 0 Å². The summed E-state index contributed by atoms with van der Waals surface area (Å²) in [4.78, 5) is 0. The molecule has 130 valence electrons. The zero-order valence-electron chi connectivity index (χ0n) is 15.0. The third kappa shape index (κ3) is 5.84. The van der Waals surface area contributed by atoms with Crippen LogP contribution in [0.5, 0.6) is 0 Å². The molecule has 4 heteroatoms. The maximum atomic E-state index is 7.94. The second-order valence-corrected chi connectivity index (χ2v) is 6.69. The summed E-state index contributed by atoms with van der Waals surface area (Å²) in [7, 11) is 0. The Balaban J connectivity index is 1.57. The van der Waals surface area contributed by atoms with Crippen LogP contribution in [0, 0.1) is 24.7 Å². The number of pyridine rings is 2. The van der Waals surface area contributed by atoms with Crippen molar-refractivity contribution in [2.45, 2.75) is 65.5 Å². The quantitative estimate of drug-likeness (QED) is 0.657. The molecule has 0 aromatic carbocycles. The van der Waals surface area contributed by atoms with Crippen molar-refractivity contribution in [2.75, 3.05) is 0 Å². The molecule has 24 heavy (non-hydrogen) atoms. The second-order valence-electron chi connectivity index (χ2n) is 6.69. The van der Waals surface area contributed by atoms with E-state index in [1.165, 1.54) is 25.7 Å². The lowest BCUT2D eigenvalue weighted by molar-refractivity contribution is 0.518. The molecule has 0 unspecified atom stereocenters.